The van der Waals surface area contributed by atoms with Gasteiger partial charge in [-0.1, -0.05) is 24.3 Å². The van der Waals surface area contributed by atoms with Crippen molar-refractivity contribution in [2.75, 3.05) is 26.3 Å². The van der Waals surface area contributed by atoms with Crippen LogP contribution in [-0.4, -0.2) is 47.5 Å². The summed E-state index contributed by atoms with van der Waals surface area (Å²) in [4.78, 5) is 15.3. The van der Waals surface area contributed by atoms with Crippen molar-refractivity contribution >= 4 is 17.4 Å². The van der Waals surface area contributed by atoms with E-state index in [1.54, 1.807) is 17.0 Å². The topological polar surface area (TPSA) is 126 Å². The van der Waals surface area contributed by atoms with E-state index >= 15 is 0 Å². The molecule has 1 fully saturated rings. The van der Waals surface area contributed by atoms with Crippen LogP contribution in [0.15, 0.2) is 53.2 Å². The lowest BCUT2D eigenvalue weighted by Gasteiger charge is -2.28. The number of aromatic amines is 1. The van der Waals surface area contributed by atoms with Gasteiger partial charge in [-0.2, -0.15) is 5.26 Å². The zero-order valence-corrected chi connectivity index (χ0v) is 17.7. The molecule has 9 nitrogen and oxygen atoms in total. The molecule has 1 unspecified atom stereocenters. The van der Waals surface area contributed by atoms with E-state index in [1.165, 1.54) is 11.3 Å². The van der Waals surface area contributed by atoms with Crippen LogP contribution in [0.5, 0.6) is 11.6 Å². The number of nitrogens with two attached hydrogens (primary N) is 1. The van der Waals surface area contributed by atoms with Crippen molar-refractivity contribution in [3.05, 3.63) is 64.4 Å². The molecular formula is C22H19N5O4S. The van der Waals surface area contributed by atoms with Gasteiger partial charge in [0.1, 0.15) is 17.4 Å². The van der Waals surface area contributed by atoms with E-state index < -0.39 is 12.0 Å². The number of allylic oxidation sites excluding steroid dienone is 1. The third-order valence-corrected chi connectivity index (χ3v) is 6.29. The molecule has 2 aromatic heterocycles. The van der Waals surface area contributed by atoms with Gasteiger partial charge in [0, 0.05) is 18.7 Å². The van der Waals surface area contributed by atoms with Crippen molar-refractivity contribution in [3.63, 3.8) is 0 Å². The minimum absolute atomic E-state index is 0.0245. The molecule has 0 saturated carbocycles. The Morgan fingerprint density at radius 2 is 2.09 bits per heavy atom. The summed E-state index contributed by atoms with van der Waals surface area (Å²) in [6, 6.07) is 13.2. The SMILES string of the molecule is N#CC1=C(N)Oc2n[nH]c(-c3cccs3)c2C1c1ccccc1OC(=O)N1CCOCC1. The number of morpholine rings is 1. The highest BCUT2D eigenvalue weighted by Gasteiger charge is 2.37. The fraction of sp³-hybridized carbons (Fsp3) is 0.227. The van der Waals surface area contributed by atoms with Crippen molar-refractivity contribution in [2.24, 2.45) is 5.73 Å². The normalized spacial score (nSPS) is 18.0. The van der Waals surface area contributed by atoms with Crippen LogP contribution in [0.25, 0.3) is 10.6 Å². The van der Waals surface area contributed by atoms with Crippen molar-refractivity contribution in [1.29, 1.82) is 5.26 Å². The Bertz CT molecular complexity index is 1220. The summed E-state index contributed by atoms with van der Waals surface area (Å²) in [5.74, 6) is 0.00163. The highest BCUT2D eigenvalue weighted by atomic mass is 32.1. The summed E-state index contributed by atoms with van der Waals surface area (Å²) in [5.41, 5.74) is 8.34. The first-order valence-corrected chi connectivity index (χ1v) is 10.9. The zero-order valence-electron chi connectivity index (χ0n) is 16.9. The van der Waals surface area contributed by atoms with Crippen LogP contribution in [0, 0.1) is 11.3 Å². The number of para-hydroxylation sites is 1. The number of H-pyrrole nitrogens is 1. The summed E-state index contributed by atoms with van der Waals surface area (Å²) >= 11 is 1.53. The molecule has 2 aliphatic rings. The molecule has 10 heteroatoms. The molecule has 4 heterocycles. The number of hydrogen-bond acceptors (Lipinski definition) is 8. The van der Waals surface area contributed by atoms with Crippen LogP contribution >= 0.6 is 11.3 Å². The molecule has 0 spiro atoms. The molecule has 3 aromatic rings. The Balaban J connectivity index is 1.60. The van der Waals surface area contributed by atoms with Gasteiger partial charge in [-0.15, -0.1) is 16.4 Å². The first-order valence-electron chi connectivity index (χ1n) is 10.0. The van der Waals surface area contributed by atoms with Gasteiger partial charge in [-0.05, 0) is 17.5 Å². The number of ether oxygens (including phenoxy) is 3. The monoisotopic (exact) mass is 449 g/mol. The smallest absolute Gasteiger partial charge is 0.415 e. The van der Waals surface area contributed by atoms with E-state index in [4.69, 9.17) is 19.9 Å². The maximum atomic E-state index is 12.8. The molecule has 2 aliphatic heterocycles. The van der Waals surface area contributed by atoms with Crippen LogP contribution in [0.1, 0.15) is 17.0 Å². The average Bonchev–Trinajstić information content (AvgIpc) is 3.49. The number of nitrogens with zero attached hydrogens (tertiary/aromatic N) is 3. The Morgan fingerprint density at radius 1 is 1.28 bits per heavy atom. The van der Waals surface area contributed by atoms with Gasteiger partial charge in [-0.3, -0.25) is 5.10 Å². The molecule has 0 bridgehead atoms. The molecule has 1 amide bonds. The highest BCUT2D eigenvalue weighted by molar-refractivity contribution is 7.13. The second kappa shape index (κ2) is 8.37. The zero-order chi connectivity index (χ0) is 22.1. The number of benzene rings is 1. The number of carbonyl (C=O) groups excluding carboxylic acids is 1. The van der Waals surface area contributed by atoms with Gasteiger partial charge >= 0.3 is 6.09 Å². The lowest BCUT2D eigenvalue weighted by atomic mass is 9.83. The quantitative estimate of drug-likeness (QED) is 0.629. The Morgan fingerprint density at radius 3 is 2.84 bits per heavy atom. The van der Waals surface area contributed by atoms with E-state index in [-0.39, 0.29) is 11.5 Å². The lowest BCUT2D eigenvalue weighted by molar-refractivity contribution is 0.0415. The second-order valence-electron chi connectivity index (χ2n) is 7.22. The van der Waals surface area contributed by atoms with Crippen molar-refractivity contribution in [2.45, 2.75) is 5.92 Å². The maximum absolute atomic E-state index is 12.8. The highest BCUT2D eigenvalue weighted by Crippen LogP contribution is 2.48. The Labute approximate surface area is 187 Å². The standard InChI is InChI=1S/C22H19N5O4S/c23-12-14-17(18-19(16-6-3-11-32-16)25-26-21(18)31-20(14)24)13-4-1-2-5-15(13)30-22(28)27-7-9-29-10-8-27/h1-6,11,17H,7-10,24H2,(H,25,26). The Kier molecular flexibility index (Phi) is 5.26. The molecule has 0 radical (unpaired) electrons. The molecule has 162 valence electrons. The van der Waals surface area contributed by atoms with E-state index in [0.29, 0.717) is 49.1 Å². The summed E-state index contributed by atoms with van der Waals surface area (Å²) < 4.78 is 16.7. The number of thiophene rings is 1. The van der Waals surface area contributed by atoms with Crippen molar-refractivity contribution in [3.8, 4) is 28.3 Å². The third kappa shape index (κ3) is 3.47. The third-order valence-electron chi connectivity index (χ3n) is 5.40. The predicted octanol–water partition coefficient (Wildman–Crippen LogP) is 3.19. The van der Waals surface area contributed by atoms with Crippen LogP contribution < -0.4 is 15.2 Å². The fourth-order valence-electron chi connectivity index (χ4n) is 3.88. The summed E-state index contributed by atoms with van der Waals surface area (Å²) in [5, 5.41) is 19.2. The van der Waals surface area contributed by atoms with Crippen molar-refractivity contribution < 1.29 is 19.0 Å². The first kappa shape index (κ1) is 20.1. The number of amides is 1. The Hall–Kier alpha value is -3.81. The van der Waals surface area contributed by atoms with Gasteiger partial charge in [0.25, 0.3) is 0 Å². The molecule has 3 N–H and O–H groups in total. The lowest BCUT2D eigenvalue weighted by Crippen LogP contribution is -2.42. The van der Waals surface area contributed by atoms with Gasteiger partial charge in [-0.25, -0.2) is 4.79 Å². The largest absolute Gasteiger partial charge is 0.420 e. The molecule has 1 aromatic carbocycles. The average molecular weight is 449 g/mol. The molecule has 1 saturated heterocycles. The molecular weight excluding hydrogens is 430 g/mol. The van der Waals surface area contributed by atoms with E-state index in [1.807, 2.05) is 29.6 Å². The summed E-state index contributed by atoms with van der Waals surface area (Å²) in [7, 11) is 0. The van der Waals surface area contributed by atoms with Crippen LogP contribution in [0.3, 0.4) is 0 Å². The van der Waals surface area contributed by atoms with Gasteiger partial charge in [0.15, 0.2) is 0 Å². The first-order chi connectivity index (χ1) is 15.7. The number of rotatable bonds is 3. The minimum atomic E-state index is -0.617. The number of nitriles is 1. The maximum Gasteiger partial charge on any atom is 0.415 e. The number of carbonyl (C=O) groups is 1. The fourth-order valence-corrected chi connectivity index (χ4v) is 4.62. The summed E-state index contributed by atoms with van der Waals surface area (Å²) in [6.45, 7) is 1.86. The number of aromatic nitrogens is 2. The number of nitrogens with one attached hydrogen (secondary N) is 1. The van der Waals surface area contributed by atoms with E-state index in [2.05, 4.69) is 16.3 Å². The summed E-state index contributed by atoms with van der Waals surface area (Å²) in [6.07, 6.45) is -0.464. The van der Waals surface area contributed by atoms with Crippen molar-refractivity contribution in [1.82, 2.24) is 15.1 Å². The minimum Gasteiger partial charge on any atom is -0.420 e. The molecule has 32 heavy (non-hydrogen) atoms. The molecule has 0 aliphatic carbocycles. The van der Waals surface area contributed by atoms with E-state index in [0.717, 1.165) is 10.6 Å². The number of hydrogen-bond donors (Lipinski definition) is 2. The van der Waals surface area contributed by atoms with Crippen LogP contribution in [0.4, 0.5) is 4.79 Å². The van der Waals surface area contributed by atoms with Crippen LogP contribution in [-0.2, 0) is 4.74 Å². The van der Waals surface area contributed by atoms with Crippen LogP contribution in [0.2, 0.25) is 0 Å². The molecule has 5 rings (SSSR count). The molecule has 1 atom stereocenters. The van der Waals surface area contributed by atoms with Gasteiger partial charge in [0.2, 0.25) is 11.8 Å². The van der Waals surface area contributed by atoms with E-state index in [9.17, 15) is 10.1 Å². The predicted molar refractivity (Wildman–Crippen MR) is 116 cm³/mol. The second-order valence-corrected chi connectivity index (χ2v) is 8.17. The number of fused-ring (bicyclic) bond motifs is 1. The van der Waals surface area contributed by atoms with Gasteiger partial charge in [0.05, 0.1) is 35.3 Å². The van der Waals surface area contributed by atoms with Gasteiger partial charge < -0.3 is 24.8 Å².